The Hall–Kier alpha value is -1.73. The maximum Gasteiger partial charge on any atom is 0.271 e. The number of aliphatic hydroxyl groups is 1. The van der Waals surface area contributed by atoms with Gasteiger partial charge in [0.05, 0.1) is 6.10 Å². The number of thiazole rings is 1. The van der Waals surface area contributed by atoms with E-state index in [4.69, 9.17) is 0 Å². The lowest BCUT2D eigenvalue weighted by Gasteiger charge is -2.26. The number of aromatic nitrogens is 2. The van der Waals surface area contributed by atoms with Crippen LogP contribution in [0.1, 0.15) is 41.7 Å². The minimum atomic E-state index is -0.381. The third kappa shape index (κ3) is 2.71. The molecule has 0 spiro atoms. The van der Waals surface area contributed by atoms with Crippen LogP contribution < -0.4 is 10.9 Å². The van der Waals surface area contributed by atoms with Gasteiger partial charge in [0.2, 0.25) is 0 Å². The van der Waals surface area contributed by atoms with Crippen molar-refractivity contribution in [3.8, 4) is 0 Å². The zero-order valence-corrected chi connectivity index (χ0v) is 12.5. The van der Waals surface area contributed by atoms with Crippen molar-refractivity contribution in [2.75, 3.05) is 0 Å². The zero-order valence-electron chi connectivity index (χ0n) is 11.7. The smallest absolute Gasteiger partial charge is 0.271 e. The molecule has 1 amide bonds. The number of aryl methyl sites for hydroxylation is 1. The summed E-state index contributed by atoms with van der Waals surface area (Å²) in [6.07, 6.45) is 3.93. The summed E-state index contributed by atoms with van der Waals surface area (Å²) in [6.45, 7) is 1.82. The Morgan fingerprint density at radius 2 is 2.14 bits per heavy atom. The second-order valence-corrected chi connectivity index (χ2v) is 6.29. The summed E-state index contributed by atoms with van der Waals surface area (Å²) >= 11 is 1.38. The Morgan fingerprint density at radius 1 is 1.43 bits per heavy atom. The second kappa shape index (κ2) is 5.57. The number of rotatable bonds is 2. The molecule has 7 heteroatoms. The monoisotopic (exact) mass is 307 g/mol. The van der Waals surface area contributed by atoms with E-state index in [1.165, 1.54) is 21.9 Å². The topological polar surface area (TPSA) is 83.7 Å². The van der Waals surface area contributed by atoms with Crippen LogP contribution >= 0.6 is 11.3 Å². The standard InChI is InChI=1S/C14H17N3O3S/c1-8-7-21-14-15-6-11(13(20)17(8)14)12(19)16-9-2-4-10(18)5-3-9/h6-7,9-10,18H,2-5H2,1H3,(H,16,19). The van der Waals surface area contributed by atoms with Gasteiger partial charge in [-0.1, -0.05) is 0 Å². The summed E-state index contributed by atoms with van der Waals surface area (Å²) in [4.78, 5) is 29.4. The van der Waals surface area contributed by atoms with Gasteiger partial charge in [0, 0.05) is 23.3 Å². The van der Waals surface area contributed by atoms with Crippen molar-refractivity contribution >= 4 is 22.2 Å². The van der Waals surface area contributed by atoms with Crippen LogP contribution in [0.5, 0.6) is 0 Å². The van der Waals surface area contributed by atoms with Gasteiger partial charge in [-0.25, -0.2) is 4.98 Å². The lowest BCUT2D eigenvalue weighted by molar-refractivity contribution is 0.0866. The average Bonchev–Trinajstić information content (AvgIpc) is 2.84. The van der Waals surface area contributed by atoms with E-state index in [1.54, 1.807) is 0 Å². The van der Waals surface area contributed by atoms with Crippen molar-refractivity contribution in [2.24, 2.45) is 0 Å². The van der Waals surface area contributed by atoms with Crippen LogP contribution in [-0.2, 0) is 0 Å². The number of nitrogens with zero attached hydrogens (tertiary/aromatic N) is 2. The predicted molar refractivity (Wildman–Crippen MR) is 79.8 cm³/mol. The average molecular weight is 307 g/mol. The fourth-order valence-electron chi connectivity index (χ4n) is 2.66. The molecule has 0 bridgehead atoms. The molecule has 0 atom stereocenters. The Kier molecular flexibility index (Phi) is 3.77. The van der Waals surface area contributed by atoms with Gasteiger partial charge in [-0.05, 0) is 32.6 Å². The molecule has 0 radical (unpaired) electrons. The van der Waals surface area contributed by atoms with E-state index in [1.807, 2.05) is 12.3 Å². The van der Waals surface area contributed by atoms with Gasteiger partial charge in [-0.15, -0.1) is 11.3 Å². The third-order valence-electron chi connectivity index (χ3n) is 3.89. The first-order valence-corrected chi connectivity index (χ1v) is 7.89. The van der Waals surface area contributed by atoms with Crippen LogP contribution in [0.4, 0.5) is 0 Å². The largest absolute Gasteiger partial charge is 0.393 e. The Bertz CT molecular complexity index is 729. The summed E-state index contributed by atoms with van der Waals surface area (Å²) in [5.41, 5.74) is 0.523. The highest BCUT2D eigenvalue weighted by atomic mass is 32.1. The first-order chi connectivity index (χ1) is 10.1. The molecule has 2 heterocycles. The zero-order chi connectivity index (χ0) is 15.0. The number of hydrogen-bond donors (Lipinski definition) is 2. The maximum atomic E-state index is 12.4. The van der Waals surface area contributed by atoms with Crippen LogP contribution in [0.3, 0.4) is 0 Å². The van der Waals surface area contributed by atoms with Gasteiger partial charge in [-0.2, -0.15) is 0 Å². The summed E-state index contributed by atoms with van der Waals surface area (Å²) in [7, 11) is 0. The van der Waals surface area contributed by atoms with Crippen molar-refractivity contribution < 1.29 is 9.90 Å². The molecular weight excluding hydrogens is 290 g/mol. The predicted octanol–water partition coefficient (Wildman–Crippen LogP) is 1.10. The Balaban J connectivity index is 1.83. The number of nitrogens with one attached hydrogen (secondary N) is 1. The molecule has 6 nitrogen and oxygen atoms in total. The molecule has 0 aliphatic heterocycles. The molecule has 21 heavy (non-hydrogen) atoms. The molecule has 0 saturated heterocycles. The van der Waals surface area contributed by atoms with E-state index in [0.29, 0.717) is 17.8 Å². The van der Waals surface area contributed by atoms with Gasteiger partial charge in [-0.3, -0.25) is 14.0 Å². The lowest BCUT2D eigenvalue weighted by Crippen LogP contribution is -2.41. The normalized spacial score (nSPS) is 22.4. The molecule has 2 aromatic rings. The highest BCUT2D eigenvalue weighted by Crippen LogP contribution is 2.18. The fourth-order valence-corrected chi connectivity index (χ4v) is 3.49. The molecule has 2 aromatic heterocycles. The van der Waals surface area contributed by atoms with Gasteiger partial charge in [0.25, 0.3) is 11.5 Å². The van der Waals surface area contributed by atoms with E-state index < -0.39 is 0 Å². The van der Waals surface area contributed by atoms with Crippen LogP contribution in [0.15, 0.2) is 16.4 Å². The molecule has 0 aromatic carbocycles. The van der Waals surface area contributed by atoms with Crippen molar-refractivity contribution in [3.05, 3.63) is 33.2 Å². The summed E-state index contributed by atoms with van der Waals surface area (Å²) < 4.78 is 1.46. The number of carbonyl (C=O) groups excluding carboxylic acids is 1. The molecular formula is C14H17N3O3S. The molecule has 2 N–H and O–H groups in total. The van der Waals surface area contributed by atoms with Crippen LogP contribution in [0, 0.1) is 6.92 Å². The summed E-state index contributed by atoms with van der Waals surface area (Å²) in [5.74, 6) is -0.381. The van der Waals surface area contributed by atoms with E-state index in [-0.39, 0.29) is 29.2 Å². The molecule has 0 unspecified atom stereocenters. The minimum absolute atomic E-state index is 0.0181. The second-order valence-electron chi connectivity index (χ2n) is 5.45. The molecule has 112 valence electrons. The molecule has 1 aliphatic rings. The maximum absolute atomic E-state index is 12.4. The van der Waals surface area contributed by atoms with Gasteiger partial charge in [0.1, 0.15) is 5.56 Å². The number of amides is 1. The molecule has 1 aliphatic carbocycles. The first-order valence-electron chi connectivity index (χ1n) is 7.01. The van der Waals surface area contributed by atoms with E-state index in [2.05, 4.69) is 10.3 Å². The van der Waals surface area contributed by atoms with E-state index in [0.717, 1.165) is 18.5 Å². The number of aliphatic hydroxyl groups excluding tert-OH is 1. The first kappa shape index (κ1) is 14.2. The quantitative estimate of drug-likeness (QED) is 0.870. The van der Waals surface area contributed by atoms with Crippen molar-refractivity contribution in [1.29, 1.82) is 0 Å². The minimum Gasteiger partial charge on any atom is -0.393 e. The summed E-state index contributed by atoms with van der Waals surface area (Å²) in [6, 6.07) is 0.0181. The Labute approximate surface area is 125 Å². The fraction of sp³-hybridized carbons (Fsp3) is 0.500. The highest BCUT2D eigenvalue weighted by molar-refractivity contribution is 7.15. The lowest BCUT2D eigenvalue weighted by atomic mass is 9.93. The van der Waals surface area contributed by atoms with Crippen LogP contribution in [-0.4, -0.2) is 32.5 Å². The number of hydrogen-bond acceptors (Lipinski definition) is 5. The van der Waals surface area contributed by atoms with Crippen LogP contribution in [0.25, 0.3) is 4.96 Å². The summed E-state index contributed by atoms with van der Waals surface area (Å²) in [5, 5.41) is 14.2. The van der Waals surface area contributed by atoms with Crippen LogP contribution in [0.2, 0.25) is 0 Å². The molecule has 1 saturated carbocycles. The van der Waals surface area contributed by atoms with Crippen molar-refractivity contribution in [1.82, 2.24) is 14.7 Å². The van der Waals surface area contributed by atoms with E-state index in [9.17, 15) is 14.7 Å². The Morgan fingerprint density at radius 3 is 2.86 bits per heavy atom. The molecule has 3 rings (SSSR count). The van der Waals surface area contributed by atoms with Gasteiger partial charge < -0.3 is 10.4 Å². The van der Waals surface area contributed by atoms with Gasteiger partial charge >= 0.3 is 0 Å². The third-order valence-corrected chi connectivity index (χ3v) is 4.85. The van der Waals surface area contributed by atoms with E-state index >= 15 is 0 Å². The van der Waals surface area contributed by atoms with Crippen molar-refractivity contribution in [2.45, 2.75) is 44.8 Å². The SMILES string of the molecule is Cc1csc2ncc(C(=O)NC3CCC(O)CC3)c(=O)n12. The number of fused-ring (bicyclic) bond motifs is 1. The number of carbonyl (C=O) groups is 1. The highest BCUT2D eigenvalue weighted by Gasteiger charge is 2.23. The van der Waals surface area contributed by atoms with Crippen molar-refractivity contribution in [3.63, 3.8) is 0 Å². The molecule has 1 fully saturated rings. The van der Waals surface area contributed by atoms with Gasteiger partial charge in [0.15, 0.2) is 4.96 Å².